The van der Waals surface area contributed by atoms with Gasteiger partial charge in [0.15, 0.2) is 0 Å². The molecule has 0 fully saturated rings. The predicted molar refractivity (Wildman–Crippen MR) is 184 cm³/mol. The van der Waals surface area contributed by atoms with E-state index in [1.807, 2.05) is 12.1 Å². The van der Waals surface area contributed by atoms with Crippen LogP contribution in [0.5, 0.6) is 0 Å². The van der Waals surface area contributed by atoms with E-state index in [9.17, 15) is 0 Å². The van der Waals surface area contributed by atoms with Gasteiger partial charge in [0.1, 0.15) is 22.3 Å². The van der Waals surface area contributed by atoms with E-state index >= 15 is 0 Å². The molecule has 0 aliphatic heterocycles. The molecule has 2 aromatic heterocycles. The Hall–Kier alpha value is -5.86. The third-order valence-corrected chi connectivity index (χ3v) is 9.24. The van der Waals surface area contributed by atoms with E-state index in [4.69, 9.17) is 8.83 Å². The maximum Gasteiger partial charge on any atom is 0.143 e. The molecule has 2 nitrogen and oxygen atoms in total. The second-order valence-corrected chi connectivity index (χ2v) is 11.6. The zero-order valence-electron chi connectivity index (χ0n) is 23.7. The summed E-state index contributed by atoms with van der Waals surface area (Å²) in [6, 6.07) is 52.0. The van der Waals surface area contributed by atoms with Crippen molar-refractivity contribution in [2.24, 2.45) is 0 Å². The van der Waals surface area contributed by atoms with Crippen LogP contribution in [-0.2, 0) is 0 Å². The summed E-state index contributed by atoms with van der Waals surface area (Å²) in [7, 11) is 0. The van der Waals surface area contributed by atoms with Crippen molar-refractivity contribution in [2.75, 3.05) is 0 Å². The number of benzene rings is 8. The molecule has 2 heteroatoms. The molecule has 0 aliphatic carbocycles. The summed E-state index contributed by atoms with van der Waals surface area (Å²) in [6.07, 6.45) is 0. The average Bonchev–Trinajstić information content (AvgIpc) is 3.63. The van der Waals surface area contributed by atoms with Crippen molar-refractivity contribution in [3.8, 4) is 22.3 Å². The predicted octanol–water partition coefficient (Wildman–Crippen LogP) is 12.3. The van der Waals surface area contributed by atoms with E-state index in [0.717, 1.165) is 49.4 Å². The molecule has 0 amide bonds. The van der Waals surface area contributed by atoms with Crippen molar-refractivity contribution >= 4 is 76.2 Å². The van der Waals surface area contributed by atoms with Crippen molar-refractivity contribution in [1.29, 1.82) is 0 Å². The van der Waals surface area contributed by atoms with Gasteiger partial charge < -0.3 is 8.83 Å². The molecule has 0 saturated carbocycles. The molecule has 10 aromatic rings. The highest BCUT2D eigenvalue weighted by Gasteiger charge is 2.21. The van der Waals surface area contributed by atoms with Gasteiger partial charge in [-0.05, 0) is 67.7 Å². The molecule has 8 aromatic carbocycles. The Bertz CT molecular complexity index is 2720. The largest absolute Gasteiger partial charge is 0.456 e. The van der Waals surface area contributed by atoms with Crippen LogP contribution in [0, 0.1) is 0 Å². The molecular formula is C42H24O2. The quantitative estimate of drug-likeness (QED) is 0.197. The van der Waals surface area contributed by atoms with Crippen molar-refractivity contribution in [3.05, 3.63) is 146 Å². The first-order valence-corrected chi connectivity index (χ1v) is 15.0. The summed E-state index contributed by atoms with van der Waals surface area (Å²) in [5.74, 6) is 0. The lowest BCUT2D eigenvalue weighted by atomic mass is 9.85. The van der Waals surface area contributed by atoms with Gasteiger partial charge >= 0.3 is 0 Å². The fourth-order valence-corrected chi connectivity index (χ4v) is 7.29. The van der Waals surface area contributed by atoms with Gasteiger partial charge in [0, 0.05) is 32.7 Å². The number of para-hydroxylation sites is 2. The molecular weight excluding hydrogens is 536 g/mol. The Morgan fingerprint density at radius 3 is 1.64 bits per heavy atom. The van der Waals surface area contributed by atoms with Gasteiger partial charge in [0.05, 0.1) is 0 Å². The minimum atomic E-state index is 0.868. The average molecular weight is 561 g/mol. The first kappa shape index (κ1) is 23.7. The van der Waals surface area contributed by atoms with E-state index in [1.54, 1.807) is 0 Å². The zero-order valence-corrected chi connectivity index (χ0v) is 23.7. The van der Waals surface area contributed by atoms with Gasteiger partial charge in [-0.2, -0.15) is 0 Å². The Morgan fingerprint density at radius 2 is 0.886 bits per heavy atom. The van der Waals surface area contributed by atoms with Crippen LogP contribution >= 0.6 is 0 Å². The topological polar surface area (TPSA) is 26.3 Å². The van der Waals surface area contributed by atoms with Crippen LogP contribution in [-0.4, -0.2) is 0 Å². The molecule has 0 aliphatic rings. The van der Waals surface area contributed by atoms with Crippen LogP contribution in [0.15, 0.2) is 154 Å². The number of rotatable bonds is 2. The Balaban J connectivity index is 1.30. The molecule has 0 spiro atoms. The van der Waals surface area contributed by atoms with Gasteiger partial charge in [0.25, 0.3) is 0 Å². The molecule has 0 bridgehead atoms. The molecule has 0 saturated heterocycles. The fourth-order valence-electron chi connectivity index (χ4n) is 7.29. The summed E-state index contributed by atoms with van der Waals surface area (Å²) < 4.78 is 13.0. The van der Waals surface area contributed by atoms with Gasteiger partial charge in [0.2, 0.25) is 0 Å². The van der Waals surface area contributed by atoms with Crippen LogP contribution in [0.25, 0.3) is 98.4 Å². The molecule has 204 valence electrons. The van der Waals surface area contributed by atoms with Crippen molar-refractivity contribution in [1.82, 2.24) is 0 Å². The normalized spacial score (nSPS) is 12.1. The fraction of sp³-hybridized carbons (Fsp3) is 0. The lowest BCUT2D eigenvalue weighted by molar-refractivity contribution is 0.664. The first-order chi connectivity index (χ1) is 21.8. The van der Waals surface area contributed by atoms with Crippen molar-refractivity contribution in [3.63, 3.8) is 0 Å². The third-order valence-electron chi connectivity index (χ3n) is 9.24. The van der Waals surface area contributed by atoms with Crippen LogP contribution in [0.4, 0.5) is 0 Å². The minimum Gasteiger partial charge on any atom is -0.456 e. The van der Waals surface area contributed by atoms with Crippen molar-refractivity contribution < 1.29 is 8.83 Å². The molecule has 0 radical (unpaired) electrons. The Morgan fingerprint density at radius 1 is 0.318 bits per heavy atom. The highest BCUT2D eigenvalue weighted by molar-refractivity contribution is 6.25. The monoisotopic (exact) mass is 560 g/mol. The number of hydrogen-bond acceptors (Lipinski definition) is 2. The van der Waals surface area contributed by atoms with Gasteiger partial charge in [-0.3, -0.25) is 0 Å². The number of hydrogen-bond donors (Lipinski definition) is 0. The van der Waals surface area contributed by atoms with E-state index in [-0.39, 0.29) is 0 Å². The van der Waals surface area contributed by atoms with Crippen molar-refractivity contribution in [2.45, 2.75) is 0 Å². The Kier molecular flexibility index (Phi) is 4.75. The Labute approximate surface area is 252 Å². The number of furan rings is 2. The summed E-state index contributed by atoms with van der Waals surface area (Å²) in [5.41, 5.74) is 8.31. The maximum atomic E-state index is 6.78. The smallest absolute Gasteiger partial charge is 0.143 e. The van der Waals surface area contributed by atoms with Crippen LogP contribution in [0.2, 0.25) is 0 Å². The van der Waals surface area contributed by atoms with Crippen LogP contribution in [0.1, 0.15) is 0 Å². The number of fused-ring (bicyclic) bond motifs is 9. The SMILES string of the molecule is c1ccc2cc(-c3c4ccccc4c(-c4cccc5c4oc4cc6c(cc45)oc4ccccc46)c4ccccc34)ccc2c1. The molecule has 44 heavy (non-hydrogen) atoms. The minimum absolute atomic E-state index is 0.868. The maximum absolute atomic E-state index is 6.78. The third kappa shape index (κ3) is 3.25. The second-order valence-electron chi connectivity index (χ2n) is 11.6. The zero-order chi connectivity index (χ0) is 28.8. The first-order valence-electron chi connectivity index (χ1n) is 15.0. The lowest BCUT2D eigenvalue weighted by Gasteiger charge is -2.18. The van der Waals surface area contributed by atoms with Gasteiger partial charge in [-0.25, -0.2) is 0 Å². The van der Waals surface area contributed by atoms with Gasteiger partial charge in [-0.15, -0.1) is 0 Å². The van der Waals surface area contributed by atoms with E-state index in [1.165, 1.54) is 49.0 Å². The molecule has 0 unspecified atom stereocenters. The molecule has 2 heterocycles. The van der Waals surface area contributed by atoms with E-state index in [2.05, 4.69) is 133 Å². The molecule has 0 N–H and O–H groups in total. The summed E-state index contributed by atoms with van der Waals surface area (Å²) >= 11 is 0. The molecule has 0 atom stereocenters. The van der Waals surface area contributed by atoms with E-state index < -0.39 is 0 Å². The summed E-state index contributed by atoms with van der Waals surface area (Å²) in [4.78, 5) is 0. The lowest BCUT2D eigenvalue weighted by Crippen LogP contribution is -1.91. The highest BCUT2D eigenvalue weighted by Crippen LogP contribution is 2.47. The van der Waals surface area contributed by atoms with E-state index in [0.29, 0.717) is 0 Å². The summed E-state index contributed by atoms with van der Waals surface area (Å²) in [5, 5.41) is 11.7. The highest BCUT2D eigenvalue weighted by atomic mass is 16.3. The summed E-state index contributed by atoms with van der Waals surface area (Å²) in [6.45, 7) is 0. The standard InChI is InChI=1S/C42H24O2/c1-2-11-26-22-27(21-20-25(26)10-1)40-29-13-3-5-15-31(29)41(32-16-6-4-14-30(32)40)34-18-9-17-33-36-24-38-35(23-39(36)44-42(33)34)28-12-7-8-19-37(28)43-38/h1-24H. The van der Waals surface area contributed by atoms with Crippen LogP contribution < -0.4 is 0 Å². The van der Waals surface area contributed by atoms with Gasteiger partial charge in [-0.1, -0.05) is 121 Å². The second kappa shape index (κ2) is 8.82. The van der Waals surface area contributed by atoms with Crippen LogP contribution in [0.3, 0.4) is 0 Å². The molecule has 10 rings (SSSR count).